The van der Waals surface area contributed by atoms with Crippen molar-refractivity contribution >= 4 is 5.97 Å². The molecular weight excluding hydrogens is 256 g/mol. The Hall–Kier alpha value is -1.71. The predicted octanol–water partition coefficient (Wildman–Crippen LogP) is 3.09. The number of benzene rings is 1. The van der Waals surface area contributed by atoms with Gasteiger partial charge in [0.15, 0.2) is 11.5 Å². The van der Waals surface area contributed by atoms with Crippen LogP contribution in [0.2, 0.25) is 0 Å². The van der Waals surface area contributed by atoms with Crippen LogP contribution in [0, 0.1) is 11.8 Å². The molecule has 1 aromatic rings. The molecule has 0 unspecified atom stereocenters. The lowest BCUT2D eigenvalue weighted by Gasteiger charge is -2.46. The zero-order valence-corrected chi connectivity index (χ0v) is 12.5. The number of methoxy groups -OCH3 is 2. The Kier molecular flexibility index (Phi) is 3.93. The molecule has 1 aliphatic rings. The van der Waals surface area contributed by atoms with Gasteiger partial charge in [-0.3, -0.25) is 4.79 Å². The summed E-state index contributed by atoms with van der Waals surface area (Å²) in [7, 11) is 3.13. The molecule has 0 saturated heterocycles. The van der Waals surface area contributed by atoms with E-state index < -0.39 is 11.4 Å². The van der Waals surface area contributed by atoms with Crippen molar-refractivity contribution in [2.75, 3.05) is 14.2 Å². The minimum Gasteiger partial charge on any atom is -0.493 e. The highest BCUT2D eigenvalue weighted by Gasteiger charge is 2.52. The molecule has 0 heterocycles. The molecule has 0 aliphatic heterocycles. The van der Waals surface area contributed by atoms with Crippen LogP contribution in [0.1, 0.15) is 32.3 Å². The molecule has 0 amide bonds. The third kappa shape index (κ3) is 2.23. The van der Waals surface area contributed by atoms with Crippen LogP contribution in [0.3, 0.4) is 0 Å². The van der Waals surface area contributed by atoms with Crippen molar-refractivity contribution in [1.82, 2.24) is 0 Å². The van der Waals surface area contributed by atoms with Gasteiger partial charge in [-0.25, -0.2) is 0 Å². The molecule has 1 saturated carbocycles. The number of carbonyl (C=O) groups is 1. The van der Waals surface area contributed by atoms with Crippen molar-refractivity contribution < 1.29 is 19.4 Å². The monoisotopic (exact) mass is 278 g/mol. The lowest BCUT2D eigenvalue weighted by Crippen LogP contribution is -2.49. The third-order valence-corrected chi connectivity index (χ3v) is 4.51. The molecule has 0 atom stereocenters. The molecule has 4 nitrogen and oxygen atoms in total. The summed E-state index contributed by atoms with van der Waals surface area (Å²) in [5.41, 5.74) is 0.0358. The highest BCUT2D eigenvalue weighted by Crippen LogP contribution is 2.52. The Labute approximate surface area is 119 Å². The zero-order chi connectivity index (χ0) is 14.9. The molecule has 0 radical (unpaired) electrons. The van der Waals surface area contributed by atoms with Crippen LogP contribution in [0.4, 0.5) is 0 Å². The highest BCUT2D eigenvalue weighted by molar-refractivity contribution is 5.83. The standard InChI is InChI=1S/C16H22O4/c1-10(2)11-8-16(9-11,15(17)18)12-5-6-13(19-3)14(7-12)20-4/h5-7,10-11H,8-9H2,1-4H3,(H,17,18). The second-order valence-electron chi connectivity index (χ2n) is 5.87. The molecule has 0 aromatic heterocycles. The lowest BCUT2D eigenvalue weighted by molar-refractivity contribution is -0.150. The van der Waals surface area contributed by atoms with Crippen molar-refractivity contribution in [1.29, 1.82) is 0 Å². The summed E-state index contributed by atoms with van der Waals surface area (Å²) in [5, 5.41) is 9.65. The van der Waals surface area contributed by atoms with Crippen molar-refractivity contribution in [3.63, 3.8) is 0 Å². The van der Waals surface area contributed by atoms with Crippen molar-refractivity contribution in [3.8, 4) is 11.5 Å². The Morgan fingerprint density at radius 1 is 1.25 bits per heavy atom. The summed E-state index contributed by atoms with van der Waals surface area (Å²) < 4.78 is 10.5. The maximum absolute atomic E-state index is 11.8. The Bertz CT molecular complexity index is 501. The van der Waals surface area contributed by atoms with Crippen LogP contribution in [-0.4, -0.2) is 25.3 Å². The van der Waals surface area contributed by atoms with E-state index in [0.717, 1.165) is 5.56 Å². The number of rotatable bonds is 5. The smallest absolute Gasteiger partial charge is 0.314 e. The summed E-state index contributed by atoms with van der Waals surface area (Å²) in [5.74, 6) is 1.44. The molecule has 0 spiro atoms. The van der Waals surface area contributed by atoms with Gasteiger partial charge < -0.3 is 14.6 Å². The zero-order valence-electron chi connectivity index (χ0n) is 12.5. The van der Waals surface area contributed by atoms with Gasteiger partial charge in [-0.1, -0.05) is 19.9 Å². The fourth-order valence-electron chi connectivity index (χ4n) is 2.97. The first-order valence-electron chi connectivity index (χ1n) is 6.90. The van der Waals surface area contributed by atoms with Gasteiger partial charge in [-0.15, -0.1) is 0 Å². The maximum Gasteiger partial charge on any atom is 0.314 e. The summed E-state index contributed by atoms with van der Waals surface area (Å²) >= 11 is 0. The van der Waals surface area contributed by atoms with E-state index in [4.69, 9.17) is 9.47 Å². The molecule has 1 N–H and O–H groups in total. The van der Waals surface area contributed by atoms with Crippen molar-refractivity contribution in [2.24, 2.45) is 11.8 Å². The molecule has 1 aromatic carbocycles. The van der Waals surface area contributed by atoms with Gasteiger partial charge in [-0.05, 0) is 42.4 Å². The summed E-state index contributed by atoms with van der Waals surface area (Å²) in [6, 6.07) is 5.41. The number of hydrogen-bond donors (Lipinski definition) is 1. The molecular formula is C16H22O4. The molecule has 20 heavy (non-hydrogen) atoms. The van der Waals surface area contributed by atoms with E-state index in [-0.39, 0.29) is 0 Å². The summed E-state index contributed by atoms with van der Waals surface area (Å²) in [6.07, 6.45) is 1.38. The second-order valence-corrected chi connectivity index (χ2v) is 5.87. The van der Waals surface area contributed by atoms with E-state index in [9.17, 15) is 9.90 Å². The summed E-state index contributed by atoms with van der Waals surface area (Å²) in [6.45, 7) is 4.29. The van der Waals surface area contributed by atoms with Crippen LogP contribution in [0.25, 0.3) is 0 Å². The number of carboxylic acids is 1. The minimum absolute atomic E-state index is 0.471. The predicted molar refractivity (Wildman–Crippen MR) is 76.4 cm³/mol. The van der Waals surface area contributed by atoms with Gasteiger partial charge in [0.1, 0.15) is 0 Å². The van der Waals surface area contributed by atoms with Gasteiger partial charge >= 0.3 is 5.97 Å². The van der Waals surface area contributed by atoms with Gasteiger partial charge in [-0.2, -0.15) is 0 Å². The summed E-state index contributed by atoms with van der Waals surface area (Å²) in [4.78, 5) is 11.8. The number of hydrogen-bond acceptors (Lipinski definition) is 3. The van der Waals surface area contributed by atoms with Crippen LogP contribution < -0.4 is 9.47 Å². The number of aliphatic carboxylic acids is 1. The van der Waals surface area contributed by atoms with Crippen LogP contribution in [0.5, 0.6) is 11.5 Å². The van der Waals surface area contributed by atoms with E-state index in [1.54, 1.807) is 26.4 Å². The molecule has 4 heteroatoms. The van der Waals surface area contributed by atoms with Gasteiger partial charge in [0.05, 0.1) is 19.6 Å². The fraction of sp³-hybridized carbons (Fsp3) is 0.562. The Balaban J connectivity index is 2.35. The van der Waals surface area contributed by atoms with Crippen LogP contribution in [0.15, 0.2) is 18.2 Å². The van der Waals surface area contributed by atoms with E-state index in [1.807, 2.05) is 6.07 Å². The average molecular weight is 278 g/mol. The molecule has 2 rings (SSSR count). The van der Waals surface area contributed by atoms with E-state index >= 15 is 0 Å². The molecule has 1 fully saturated rings. The molecule has 0 bridgehead atoms. The molecule has 1 aliphatic carbocycles. The molecule has 110 valence electrons. The average Bonchev–Trinajstić information content (AvgIpc) is 2.36. The van der Waals surface area contributed by atoms with Gasteiger partial charge in [0, 0.05) is 0 Å². The first-order valence-corrected chi connectivity index (χ1v) is 6.90. The lowest BCUT2D eigenvalue weighted by atomic mass is 9.56. The van der Waals surface area contributed by atoms with E-state index in [0.29, 0.717) is 36.2 Å². The van der Waals surface area contributed by atoms with Crippen molar-refractivity contribution in [3.05, 3.63) is 23.8 Å². The first kappa shape index (κ1) is 14.7. The Morgan fingerprint density at radius 2 is 1.85 bits per heavy atom. The quantitative estimate of drug-likeness (QED) is 0.899. The third-order valence-electron chi connectivity index (χ3n) is 4.51. The van der Waals surface area contributed by atoms with Gasteiger partial charge in [0.2, 0.25) is 0 Å². The topological polar surface area (TPSA) is 55.8 Å². The fourth-order valence-corrected chi connectivity index (χ4v) is 2.97. The highest BCUT2D eigenvalue weighted by atomic mass is 16.5. The SMILES string of the molecule is COc1ccc(C2(C(=O)O)CC(C(C)C)C2)cc1OC. The normalized spacial score (nSPS) is 25.1. The Morgan fingerprint density at radius 3 is 2.30 bits per heavy atom. The van der Waals surface area contributed by atoms with E-state index in [2.05, 4.69) is 13.8 Å². The van der Waals surface area contributed by atoms with Crippen LogP contribution >= 0.6 is 0 Å². The first-order chi connectivity index (χ1) is 9.44. The largest absolute Gasteiger partial charge is 0.493 e. The van der Waals surface area contributed by atoms with E-state index in [1.165, 1.54) is 0 Å². The van der Waals surface area contributed by atoms with Gasteiger partial charge in [0.25, 0.3) is 0 Å². The van der Waals surface area contributed by atoms with Crippen LogP contribution in [-0.2, 0) is 10.2 Å². The maximum atomic E-state index is 11.8. The second kappa shape index (κ2) is 5.35. The van der Waals surface area contributed by atoms with Crippen molar-refractivity contribution in [2.45, 2.75) is 32.1 Å². The number of ether oxygens (including phenoxy) is 2. The minimum atomic E-state index is -0.769. The number of carboxylic acid groups (broad SMARTS) is 1.